The van der Waals surface area contributed by atoms with Gasteiger partial charge in [0.2, 0.25) is 5.91 Å². The molecule has 5 nitrogen and oxygen atoms in total. The highest BCUT2D eigenvalue weighted by Gasteiger charge is 2.12. The normalized spacial score (nSPS) is 11.0. The first kappa shape index (κ1) is 17.1. The topological polar surface area (TPSA) is 64.2 Å². The Hall–Kier alpha value is -1.70. The largest absolute Gasteiger partial charge is 0.420 e. The molecule has 0 radical (unpaired) electrons. The molecule has 126 valence electrons. The number of carbonyl (C=O) groups is 1. The van der Waals surface area contributed by atoms with E-state index < -0.39 is 5.76 Å². The second kappa shape index (κ2) is 7.92. The van der Waals surface area contributed by atoms with Crippen molar-refractivity contribution in [2.45, 2.75) is 12.3 Å². The van der Waals surface area contributed by atoms with Crippen molar-refractivity contribution >= 4 is 51.7 Å². The second-order valence-electron chi connectivity index (χ2n) is 5.05. The van der Waals surface area contributed by atoms with Gasteiger partial charge in [0.05, 0.1) is 5.52 Å². The maximum atomic E-state index is 12.0. The summed E-state index contributed by atoms with van der Waals surface area (Å²) in [6.07, 6.45) is 0. The van der Waals surface area contributed by atoms with Crippen LogP contribution in [-0.4, -0.2) is 22.8 Å². The summed E-state index contributed by atoms with van der Waals surface area (Å²) in [5.41, 5.74) is 0.943. The Kier molecular flexibility index (Phi) is 5.65. The molecule has 0 fully saturated rings. The number of thioether (sulfide) groups is 1. The molecule has 1 N–H and O–H groups in total. The Bertz CT molecular complexity index is 886. The van der Waals surface area contributed by atoms with E-state index >= 15 is 0 Å². The number of nitrogens with one attached hydrogen (secondary N) is 1. The van der Waals surface area contributed by atoms with Gasteiger partial charge >= 0.3 is 5.76 Å². The number of fused-ring (bicyclic) bond motifs is 1. The number of hydrogen-bond acceptors (Lipinski definition) is 5. The number of nitrogens with zero attached hydrogens (tertiary/aromatic N) is 1. The van der Waals surface area contributed by atoms with E-state index in [1.807, 2.05) is 6.07 Å². The minimum Gasteiger partial charge on any atom is -0.408 e. The Labute approximate surface area is 151 Å². The standard InChI is InChI=1S/C16H15ClN2O3S2/c17-11-3-4-13-14(8-11)22-16(21)19(13)9-15(20)18-5-7-23-10-12-2-1-6-24-12/h1-4,6,8H,5,7,9-10H2,(H,18,20). The lowest BCUT2D eigenvalue weighted by Gasteiger charge is -2.05. The number of carbonyl (C=O) groups excluding carboxylic acids is 1. The van der Waals surface area contributed by atoms with Gasteiger partial charge in [-0.1, -0.05) is 17.7 Å². The summed E-state index contributed by atoms with van der Waals surface area (Å²) in [5.74, 6) is 0.987. The van der Waals surface area contributed by atoms with E-state index in [1.54, 1.807) is 41.3 Å². The van der Waals surface area contributed by atoms with Crippen LogP contribution in [0.25, 0.3) is 11.1 Å². The average Bonchev–Trinajstić information content (AvgIpc) is 3.15. The lowest BCUT2D eigenvalue weighted by molar-refractivity contribution is -0.121. The molecule has 0 unspecified atom stereocenters. The highest BCUT2D eigenvalue weighted by molar-refractivity contribution is 7.98. The molecular weight excluding hydrogens is 368 g/mol. The van der Waals surface area contributed by atoms with Gasteiger partial charge in [-0.3, -0.25) is 9.36 Å². The van der Waals surface area contributed by atoms with Crippen molar-refractivity contribution in [3.8, 4) is 0 Å². The molecule has 0 aliphatic carbocycles. The molecule has 0 aliphatic heterocycles. The smallest absolute Gasteiger partial charge is 0.408 e. The van der Waals surface area contributed by atoms with E-state index in [1.165, 1.54) is 9.44 Å². The van der Waals surface area contributed by atoms with Gasteiger partial charge < -0.3 is 9.73 Å². The van der Waals surface area contributed by atoms with Gasteiger partial charge in [0, 0.05) is 34.0 Å². The maximum absolute atomic E-state index is 12.0. The number of rotatable bonds is 7. The fraction of sp³-hybridized carbons (Fsp3) is 0.250. The third kappa shape index (κ3) is 4.23. The zero-order valence-electron chi connectivity index (χ0n) is 12.7. The number of hydrogen-bond donors (Lipinski definition) is 1. The van der Waals surface area contributed by atoms with Crippen molar-refractivity contribution in [1.82, 2.24) is 9.88 Å². The Balaban J connectivity index is 1.50. The SMILES string of the molecule is O=C(Cn1c(=O)oc2cc(Cl)ccc21)NCCSCc1cccs1. The predicted molar refractivity (Wildman–Crippen MR) is 99.0 cm³/mol. The van der Waals surface area contributed by atoms with Crippen LogP contribution < -0.4 is 11.1 Å². The molecule has 3 rings (SSSR count). The molecule has 1 aromatic carbocycles. The minimum atomic E-state index is -0.561. The van der Waals surface area contributed by atoms with E-state index in [0.717, 1.165) is 11.5 Å². The minimum absolute atomic E-state index is 0.0664. The van der Waals surface area contributed by atoms with Gasteiger partial charge in [-0.25, -0.2) is 4.79 Å². The van der Waals surface area contributed by atoms with Crippen molar-refractivity contribution in [3.05, 3.63) is 56.2 Å². The number of amides is 1. The van der Waals surface area contributed by atoms with Crippen molar-refractivity contribution in [2.75, 3.05) is 12.3 Å². The Morgan fingerprint density at radius 2 is 2.25 bits per heavy atom. The van der Waals surface area contributed by atoms with Crippen LogP contribution in [0.15, 0.2) is 44.9 Å². The molecule has 24 heavy (non-hydrogen) atoms. The highest BCUT2D eigenvalue weighted by atomic mass is 35.5. The van der Waals surface area contributed by atoms with Crippen LogP contribution in [0, 0.1) is 0 Å². The third-order valence-electron chi connectivity index (χ3n) is 3.33. The summed E-state index contributed by atoms with van der Waals surface area (Å²) in [7, 11) is 0. The molecule has 0 bridgehead atoms. The Morgan fingerprint density at radius 1 is 1.38 bits per heavy atom. The van der Waals surface area contributed by atoms with E-state index in [9.17, 15) is 9.59 Å². The molecule has 8 heteroatoms. The van der Waals surface area contributed by atoms with Gasteiger partial charge in [-0.05, 0) is 23.6 Å². The number of halogens is 1. The van der Waals surface area contributed by atoms with E-state index in [-0.39, 0.29) is 12.5 Å². The van der Waals surface area contributed by atoms with Gasteiger partial charge in [0.1, 0.15) is 6.54 Å². The fourth-order valence-corrected chi connectivity index (χ4v) is 4.08. The average molecular weight is 383 g/mol. The summed E-state index contributed by atoms with van der Waals surface area (Å²) in [6.45, 7) is 0.494. The van der Waals surface area contributed by atoms with E-state index in [4.69, 9.17) is 16.0 Å². The van der Waals surface area contributed by atoms with Crippen molar-refractivity contribution in [3.63, 3.8) is 0 Å². The van der Waals surface area contributed by atoms with Crippen molar-refractivity contribution in [1.29, 1.82) is 0 Å². The summed E-state index contributed by atoms with van der Waals surface area (Å²) >= 11 is 9.36. The lowest BCUT2D eigenvalue weighted by atomic mass is 10.3. The molecule has 1 amide bonds. The molecule has 0 atom stereocenters. The summed E-state index contributed by atoms with van der Waals surface area (Å²) in [4.78, 5) is 25.2. The van der Waals surface area contributed by atoms with E-state index in [2.05, 4.69) is 16.8 Å². The van der Waals surface area contributed by atoms with Crippen molar-refractivity contribution in [2.24, 2.45) is 0 Å². The fourth-order valence-electron chi connectivity index (χ4n) is 2.22. The maximum Gasteiger partial charge on any atom is 0.420 e. The van der Waals surface area contributed by atoms with Crippen LogP contribution in [-0.2, 0) is 17.1 Å². The third-order valence-corrected chi connectivity index (χ3v) is 5.63. The molecule has 2 heterocycles. The first-order chi connectivity index (χ1) is 11.6. The van der Waals surface area contributed by atoms with Crippen LogP contribution in [0.1, 0.15) is 4.88 Å². The number of aromatic nitrogens is 1. The molecule has 2 aromatic heterocycles. The van der Waals surface area contributed by atoms with Crippen LogP contribution in [0.5, 0.6) is 0 Å². The van der Waals surface area contributed by atoms with Crippen molar-refractivity contribution < 1.29 is 9.21 Å². The monoisotopic (exact) mass is 382 g/mol. The van der Waals surface area contributed by atoms with Gasteiger partial charge in [0.15, 0.2) is 5.58 Å². The first-order valence-electron chi connectivity index (χ1n) is 7.29. The van der Waals surface area contributed by atoms with Crippen LogP contribution in [0.3, 0.4) is 0 Å². The second-order valence-corrected chi connectivity index (χ2v) is 7.62. The molecular formula is C16H15ClN2O3S2. The first-order valence-corrected chi connectivity index (χ1v) is 9.70. The quantitative estimate of drug-likeness (QED) is 0.636. The summed E-state index contributed by atoms with van der Waals surface area (Å²) in [6, 6.07) is 9.02. The van der Waals surface area contributed by atoms with Crippen LogP contribution in [0.2, 0.25) is 5.02 Å². The van der Waals surface area contributed by atoms with Crippen LogP contribution >= 0.6 is 34.7 Å². The summed E-state index contributed by atoms with van der Waals surface area (Å²) < 4.78 is 6.41. The molecule has 0 saturated heterocycles. The predicted octanol–water partition coefficient (Wildman–Crippen LogP) is 3.36. The van der Waals surface area contributed by atoms with E-state index in [0.29, 0.717) is 22.7 Å². The molecule has 0 spiro atoms. The molecule has 3 aromatic rings. The number of thiophene rings is 1. The number of benzene rings is 1. The Morgan fingerprint density at radius 3 is 3.04 bits per heavy atom. The summed E-state index contributed by atoms with van der Waals surface area (Å²) in [5, 5.41) is 5.36. The molecule has 0 saturated carbocycles. The molecule has 0 aliphatic rings. The number of oxazole rings is 1. The zero-order valence-corrected chi connectivity index (χ0v) is 15.0. The zero-order chi connectivity index (χ0) is 16.9. The lowest BCUT2D eigenvalue weighted by Crippen LogP contribution is -2.32. The van der Waals surface area contributed by atoms with Crippen LogP contribution in [0.4, 0.5) is 0 Å². The van der Waals surface area contributed by atoms with Gasteiger partial charge in [-0.2, -0.15) is 11.8 Å². The highest BCUT2D eigenvalue weighted by Crippen LogP contribution is 2.18. The van der Waals surface area contributed by atoms with Gasteiger partial charge in [0.25, 0.3) is 0 Å². The van der Waals surface area contributed by atoms with Gasteiger partial charge in [-0.15, -0.1) is 11.3 Å².